The van der Waals surface area contributed by atoms with Gasteiger partial charge in [0.2, 0.25) is 5.91 Å². The highest BCUT2D eigenvalue weighted by Crippen LogP contribution is 2.26. The van der Waals surface area contributed by atoms with Crippen molar-refractivity contribution < 1.29 is 14.3 Å². The summed E-state index contributed by atoms with van der Waals surface area (Å²) in [5.74, 6) is 1.38. The summed E-state index contributed by atoms with van der Waals surface area (Å²) in [4.78, 5) is 16.3. The van der Waals surface area contributed by atoms with E-state index in [2.05, 4.69) is 15.6 Å². The number of fused-ring (bicyclic) bond motifs is 1. The topological polar surface area (TPSA) is 72.5 Å². The number of aromatic nitrogens is 1. The number of nitrogens with zero attached hydrogens (tertiary/aromatic N) is 1. The van der Waals surface area contributed by atoms with Gasteiger partial charge in [-0.2, -0.15) is 0 Å². The summed E-state index contributed by atoms with van der Waals surface area (Å²) in [5, 5.41) is 7.09. The average molecular weight is 351 g/mol. The third-order valence-corrected chi connectivity index (χ3v) is 3.94. The Kier molecular flexibility index (Phi) is 5.34. The predicted molar refractivity (Wildman–Crippen MR) is 103 cm³/mol. The molecule has 0 aliphatic heterocycles. The molecule has 0 saturated heterocycles. The van der Waals surface area contributed by atoms with Gasteiger partial charge < -0.3 is 20.1 Å². The van der Waals surface area contributed by atoms with E-state index in [1.165, 1.54) is 7.11 Å². The number of aryl methyl sites for hydroxylation is 1. The Morgan fingerprint density at radius 1 is 1.04 bits per heavy atom. The highest BCUT2D eigenvalue weighted by atomic mass is 16.5. The van der Waals surface area contributed by atoms with Crippen LogP contribution in [0.3, 0.4) is 0 Å². The second kappa shape index (κ2) is 7.84. The number of hydrogen-bond donors (Lipinski definition) is 2. The first-order valence-corrected chi connectivity index (χ1v) is 8.20. The van der Waals surface area contributed by atoms with Crippen molar-refractivity contribution in [1.82, 2.24) is 4.98 Å². The van der Waals surface area contributed by atoms with Crippen LogP contribution in [0.15, 0.2) is 48.5 Å². The van der Waals surface area contributed by atoms with Gasteiger partial charge in [-0.25, -0.2) is 4.98 Å². The van der Waals surface area contributed by atoms with Gasteiger partial charge in [-0.1, -0.05) is 0 Å². The summed E-state index contributed by atoms with van der Waals surface area (Å²) in [5.41, 5.74) is 3.57. The Morgan fingerprint density at radius 3 is 2.46 bits per heavy atom. The van der Waals surface area contributed by atoms with Crippen molar-refractivity contribution in [2.45, 2.75) is 6.92 Å². The number of amides is 1. The number of hydrogen-bond acceptors (Lipinski definition) is 5. The summed E-state index contributed by atoms with van der Waals surface area (Å²) < 4.78 is 10.0. The first-order chi connectivity index (χ1) is 12.6. The molecule has 3 aromatic rings. The predicted octanol–water partition coefficient (Wildman–Crippen LogP) is 3.88. The van der Waals surface area contributed by atoms with Crippen molar-refractivity contribution >= 4 is 34.0 Å². The summed E-state index contributed by atoms with van der Waals surface area (Å²) in [6.45, 7) is 2.05. The van der Waals surface area contributed by atoms with Gasteiger partial charge in [0.25, 0.3) is 0 Å². The maximum atomic E-state index is 11.7. The molecule has 0 aliphatic rings. The molecule has 2 N–H and O–H groups in total. The van der Waals surface area contributed by atoms with E-state index in [1.54, 1.807) is 7.11 Å². The van der Waals surface area contributed by atoms with Crippen LogP contribution in [-0.2, 0) is 9.53 Å². The minimum Gasteiger partial charge on any atom is -0.497 e. The number of ether oxygens (including phenoxy) is 2. The number of anilines is 3. The number of carbonyl (C=O) groups is 1. The van der Waals surface area contributed by atoms with E-state index in [1.807, 2.05) is 55.5 Å². The largest absolute Gasteiger partial charge is 0.497 e. The smallest absolute Gasteiger partial charge is 0.250 e. The molecule has 6 heteroatoms. The summed E-state index contributed by atoms with van der Waals surface area (Å²) in [6, 6.07) is 15.3. The summed E-state index contributed by atoms with van der Waals surface area (Å²) in [7, 11) is 3.13. The van der Waals surface area contributed by atoms with Gasteiger partial charge in [0.05, 0.1) is 12.6 Å². The van der Waals surface area contributed by atoms with Crippen molar-refractivity contribution in [3.8, 4) is 5.75 Å². The van der Waals surface area contributed by atoms with E-state index in [-0.39, 0.29) is 12.5 Å². The van der Waals surface area contributed by atoms with Gasteiger partial charge in [-0.15, -0.1) is 0 Å². The summed E-state index contributed by atoms with van der Waals surface area (Å²) >= 11 is 0. The zero-order valence-electron chi connectivity index (χ0n) is 15.0. The number of nitrogens with one attached hydrogen (secondary N) is 2. The van der Waals surface area contributed by atoms with Crippen LogP contribution in [-0.4, -0.2) is 31.7 Å². The molecule has 0 bridgehead atoms. The van der Waals surface area contributed by atoms with Crippen molar-refractivity contribution in [2.24, 2.45) is 0 Å². The molecular formula is C20H21N3O3. The quantitative estimate of drug-likeness (QED) is 0.705. The van der Waals surface area contributed by atoms with Crippen LogP contribution in [0.25, 0.3) is 10.9 Å². The number of rotatable bonds is 6. The van der Waals surface area contributed by atoms with Crippen LogP contribution in [0, 0.1) is 6.92 Å². The second-order valence-corrected chi connectivity index (χ2v) is 5.89. The lowest BCUT2D eigenvalue weighted by atomic mass is 10.1. The molecule has 2 aromatic carbocycles. The summed E-state index contributed by atoms with van der Waals surface area (Å²) in [6.07, 6.45) is 0. The molecule has 0 atom stereocenters. The molecule has 134 valence electrons. The normalized spacial score (nSPS) is 10.6. The van der Waals surface area contributed by atoms with Crippen LogP contribution >= 0.6 is 0 Å². The molecule has 6 nitrogen and oxygen atoms in total. The maximum absolute atomic E-state index is 11.7. The molecule has 0 radical (unpaired) electrons. The van der Waals surface area contributed by atoms with Gasteiger partial charge in [0.1, 0.15) is 18.2 Å². The fourth-order valence-corrected chi connectivity index (χ4v) is 2.69. The van der Waals surface area contributed by atoms with Crippen molar-refractivity contribution in [1.29, 1.82) is 0 Å². The average Bonchev–Trinajstić information content (AvgIpc) is 2.63. The Hall–Kier alpha value is -3.12. The Bertz CT molecular complexity index is 923. The Morgan fingerprint density at radius 2 is 1.77 bits per heavy atom. The molecular weight excluding hydrogens is 330 g/mol. The third-order valence-electron chi connectivity index (χ3n) is 3.94. The molecule has 0 spiro atoms. The van der Waals surface area contributed by atoms with Crippen LogP contribution < -0.4 is 15.4 Å². The first-order valence-electron chi connectivity index (χ1n) is 8.20. The van der Waals surface area contributed by atoms with Gasteiger partial charge in [0.15, 0.2) is 0 Å². The lowest BCUT2D eigenvalue weighted by Gasteiger charge is -2.11. The molecule has 0 unspecified atom stereocenters. The van der Waals surface area contributed by atoms with Crippen LogP contribution in [0.5, 0.6) is 5.75 Å². The van der Waals surface area contributed by atoms with Gasteiger partial charge in [-0.05, 0) is 61.0 Å². The van der Waals surface area contributed by atoms with E-state index in [9.17, 15) is 4.79 Å². The number of pyridine rings is 1. The molecule has 0 aliphatic carbocycles. The minimum atomic E-state index is -0.185. The minimum absolute atomic E-state index is 0.0278. The number of methoxy groups -OCH3 is 2. The SMILES string of the molecule is COCC(=O)Nc1ccc2nc(Nc3ccc(OC)cc3)cc(C)c2c1. The molecule has 1 heterocycles. The zero-order valence-corrected chi connectivity index (χ0v) is 15.0. The Labute approximate surface area is 152 Å². The van der Waals surface area contributed by atoms with E-state index in [0.29, 0.717) is 0 Å². The van der Waals surface area contributed by atoms with Gasteiger partial charge >= 0.3 is 0 Å². The fourth-order valence-electron chi connectivity index (χ4n) is 2.69. The van der Waals surface area contributed by atoms with E-state index in [0.717, 1.165) is 39.4 Å². The standard InChI is InChI=1S/C20H21N3O3/c1-13-10-19(21-14-4-7-16(26-3)8-5-14)23-18-9-6-15(11-17(13)18)22-20(24)12-25-2/h4-11H,12H2,1-3H3,(H,21,23)(H,22,24). The molecule has 0 saturated carbocycles. The molecule has 1 aromatic heterocycles. The highest BCUT2D eigenvalue weighted by molar-refractivity contribution is 5.95. The molecule has 26 heavy (non-hydrogen) atoms. The van der Waals surface area contributed by atoms with Crippen molar-refractivity contribution in [3.05, 3.63) is 54.1 Å². The first kappa shape index (κ1) is 17.7. The highest BCUT2D eigenvalue weighted by Gasteiger charge is 2.07. The Balaban J connectivity index is 1.84. The van der Waals surface area contributed by atoms with Crippen molar-refractivity contribution in [3.63, 3.8) is 0 Å². The van der Waals surface area contributed by atoms with E-state index < -0.39 is 0 Å². The third kappa shape index (κ3) is 4.10. The second-order valence-electron chi connectivity index (χ2n) is 5.89. The fraction of sp³-hybridized carbons (Fsp3) is 0.200. The number of benzene rings is 2. The van der Waals surface area contributed by atoms with Gasteiger partial charge in [-0.3, -0.25) is 4.79 Å². The molecule has 1 amide bonds. The zero-order chi connectivity index (χ0) is 18.5. The van der Waals surface area contributed by atoms with Crippen LogP contribution in [0.2, 0.25) is 0 Å². The molecule has 3 rings (SSSR count). The maximum Gasteiger partial charge on any atom is 0.250 e. The van der Waals surface area contributed by atoms with E-state index >= 15 is 0 Å². The lowest BCUT2D eigenvalue weighted by molar-refractivity contribution is -0.119. The van der Waals surface area contributed by atoms with Crippen molar-refractivity contribution in [2.75, 3.05) is 31.5 Å². The lowest BCUT2D eigenvalue weighted by Crippen LogP contribution is -2.17. The number of carbonyl (C=O) groups excluding carboxylic acids is 1. The monoisotopic (exact) mass is 351 g/mol. The van der Waals surface area contributed by atoms with Crippen LogP contribution in [0.4, 0.5) is 17.2 Å². The van der Waals surface area contributed by atoms with Crippen LogP contribution in [0.1, 0.15) is 5.56 Å². The van der Waals surface area contributed by atoms with E-state index in [4.69, 9.17) is 9.47 Å². The molecule has 0 fully saturated rings. The van der Waals surface area contributed by atoms with Gasteiger partial charge in [0, 0.05) is 23.9 Å².